The third-order valence-corrected chi connectivity index (χ3v) is 7.51. The van der Waals surface area contributed by atoms with E-state index in [1.165, 1.54) is 19.1 Å². The summed E-state index contributed by atoms with van der Waals surface area (Å²) >= 11 is 0. The molecular formula is C26H34N2O4S. The van der Waals surface area contributed by atoms with Gasteiger partial charge in [-0.3, -0.25) is 0 Å². The molecule has 0 radical (unpaired) electrons. The highest BCUT2D eigenvalue weighted by Crippen LogP contribution is 2.28. The minimum Gasteiger partial charge on any atom is -0.449 e. The monoisotopic (exact) mass is 470 g/mol. The molecule has 0 aromatic heterocycles. The molecule has 1 N–H and O–H groups in total. The van der Waals surface area contributed by atoms with E-state index in [0.717, 1.165) is 36.0 Å². The number of rotatable bonds is 7. The van der Waals surface area contributed by atoms with Crippen molar-refractivity contribution in [1.82, 2.24) is 9.62 Å². The molecule has 1 aliphatic heterocycles. The Hall–Kier alpha value is -2.38. The molecule has 0 bridgehead atoms. The number of nitrogens with zero attached hydrogens (tertiary/aromatic N) is 1. The van der Waals surface area contributed by atoms with Gasteiger partial charge < -0.3 is 9.64 Å². The van der Waals surface area contributed by atoms with Gasteiger partial charge in [-0.2, -0.15) is 0 Å². The molecule has 0 unspecified atom stereocenters. The van der Waals surface area contributed by atoms with Crippen LogP contribution >= 0.6 is 0 Å². The van der Waals surface area contributed by atoms with Gasteiger partial charge in [-0.15, -0.1) is 0 Å². The van der Waals surface area contributed by atoms with Crippen molar-refractivity contribution in [3.05, 3.63) is 60.2 Å². The Morgan fingerprint density at radius 3 is 2.45 bits per heavy atom. The van der Waals surface area contributed by atoms with Crippen LogP contribution in [0.1, 0.15) is 44.1 Å². The van der Waals surface area contributed by atoms with E-state index >= 15 is 0 Å². The van der Waals surface area contributed by atoms with Gasteiger partial charge in [0, 0.05) is 12.6 Å². The molecule has 0 spiro atoms. The van der Waals surface area contributed by atoms with E-state index in [1.807, 2.05) is 30.3 Å². The Morgan fingerprint density at radius 2 is 1.73 bits per heavy atom. The van der Waals surface area contributed by atoms with E-state index in [4.69, 9.17) is 4.74 Å². The topological polar surface area (TPSA) is 75.7 Å². The Kier molecular flexibility index (Phi) is 7.71. The fraction of sp³-hybridized carbons (Fsp3) is 0.500. The lowest BCUT2D eigenvalue weighted by Crippen LogP contribution is -2.58. The van der Waals surface area contributed by atoms with Crippen LogP contribution in [0.2, 0.25) is 0 Å². The fourth-order valence-electron chi connectivity index (χ4n) is 5.15. The van der Waals surface area contributed by atoms with Crippen molar-refractivity contribution >= 4 is 16.1 Å². The van der Waals surface area contributed by atoms with E-state index in [0.29, 0.717) is 31.9 Å². The zero-order chi connectivity index (χ0) is 23.3. The number of hydrogen-bond acceptors (Lipinski definition) is 4. The van der Waals surface area contributed by atoms with Gasteiger partial charge in [-0.1, -0.05) is 67.4 Å². The minimum atomic E-state index is -3.40. The number of hydrogen-bond donors (Lipinski definition) is 1. The van der Waals surface area contributed by atoms with Crippen LogP contribution in [-0.4, -0.2) is 50.9 Å². The van der Waals surface area contributed by atoms with Gasteiger partial charge in [-0.05, 0) is 54.7 Å². The average Bonchev–Trinajstić information content (AvgIpc) is 3.32. The first-order valence-electron chi connectivity index (χ1n) is 11.9. The maximum atomic E-state index is 13.1. The number of likely N-dealkylation sites (tertiary alicyclic amines) is 1. The number of piperidine rings is 1. The maximum absolute atomic E-state index is 13.1. The van der Waals surface area contributed by atoms with Crippen LogP contribution in [0.5, 0.6) is 0 Å². The Balaban J connectivity index is 1.54. The smallest absolute Gasteiger partial charge is 0.410 e. The highest BCUT2D eigenvalue weighted by Gasteiger charge is 2.37. The number of nitrogens with one attached hydrogen (secondary N) is 1. The molecule has 6 nitrogen and oxygen atoms in total. The zero-order valence-corrected chi connectivity index (χ0v) is 20.1. The molecule has 1 aliphatic carbocycles. The molecule has 2 aromatic rings. The van der Waals surface area contributed by atoms with E-state index < -0.39 is 10.0 Å². The molecule has 1 saturated carbocycles. The molecule has 178 valence electrons. The van der Waals surface area contributed by atoms with Gasteiger partial charge in [0.25, 0.3) is 0 Å². The van der Waals surface area contributed by atoms with Crippen LogP contribution in [-0.2, 0) is 21.2 Å². The maximum Gasteiger partial charge on any atom is 0.410 e. The third-order valence-electron chi connectivity index (χ3n) is 6.78. The number of amides is 1. The molecule has 1 amide bonds. The summed E-state index contributed by atoms with van der Waals surface area (Å²) in [5, 5.41) is 0. The van der Waals surface area contributed by atoms with Crippen LogP contribution in [0.15, 0.2) is 54.6 Å². The SMILES string of the molecule is CS(=O)(=O)N[C@@H]1CCCN(C(=O)OCC2CCCC2)[C@@H]1Cc1cccc(-c2ccccc2)c1. The average molecular weight is 471 g/mol. The van der Waals surface area contributed by atoms with Gasteiger partial charge in [0.2, 0.25) is 10.0 Å². The van der Waals surface area contributed by atoms with Crippen molar-refractivity contribution in [2.45, 2.75) is 57.0 Å². The van der Waals surface area contributed by atoms with Crippen LogP contribution in [0, 0.1) is 5.92 Å². The van der Waals surface area contributed by atoms with Crippen molar-refractivity contribution in [3.8, 4) is 11.1 Å². The van der Waals surface area contributed by atoms with E-state index in [2.05, 4.69) is 29.0 Å². The van der Waals surface area contributed by atoms with Crippen molar-refractivity contribution < 1.29 is 17.9 Å². The molecule has 2 fully saturated rings. The first-order valence-corrected chi connectivity index (χ1v) is 13.8. The molecule has 4 rings (SSSR count). The molecule has 2 aliphatic rings. The summed E-state index contributed by atoms with van der Waals surface area (Å²) in [7, 11) is -3.40. The van der Waals surface area contributed by atoms with E-state index in [-0.39, 0.29) is 18.2 Å². The van der Waals surface area contributed by atoms with E-state index in [9.17, 15) is 13.2 Å². The molecule has 1 heterocycles. The second-order valence-corrected chi connectivity index (χ2v) is 11.2. The normalized spacial score (nSPS) is 21.8. The lowest BCUT2D eigenvalue weighted by atomic mass is 9.90. The number of benzene rings is 2. The summed E-state index contributed by atoms with van der Waals surface area (Å²) in [6, 6.07) is 17.8. The zero-order valence-electron chi connectivity index (χ0n) is 19.3. The van der Waals surface area contributed by atoms with Gasteiger partial charge in [0.05, 0.1) is 18.9 Å². The molecule has 2 atom stereocenters. The molecular weight excluding hydrogens is 436 g/mol. The minimum absolute atomic E-state index is 0.296. The van der Waals surface area contributed by atoms with Gasteiger partial charge in [0.15, 0.2) is 0 Å². The van der Waals surface area contributed by atoms with Crippen LogP contribution < -0.4 is 4.72 Å². The lowest BCUT2D eigenvalue weighted by Gasteiger charge is -2.41. The van der Waals surface area contributed by atoms with Crippen molar-refractivity contribution in [2.75, 3.05) is 19.4 Å². The fourth-order valence-corrected chi connectivity index (χ4v) is 5.97. The summed E-state index contributed by atoms with van der Waals surface area (Å²) in [5.74, 6) is 0.449. The second-order valence-electron chi connectivity index (χ2n) is 9.40. The van der Waals surface area contributed by atoms with Gasteiger partial charge >= 0.3 is 6.09 Å². The molecule has 1 saturated heterocycles. The third kappa shape index (κ3) is 6.58. The summed E-state index contributed by atoms with van der Waals surface area (Å²) in [5.41, 5.74) is 3.30. The van der Waals surface area contributed by atoms with Gasteiger partial charge in [0.1, 0.15) is 0 Å². The summed E-state index contributed by atoms with van der Waals surface area (Å²) in [6.45, 7) is 1.03. The van der Waals surface area contributed by atoms with Crippen molar-refractivity contribution in [2.24, 2.45) is 5.92 Å². The molecule has 7 heteroatoms. The van der Waals surface area contributed by atoms with Gasteiger partial charge in [-0.25, -0.2) is 17.9 Å². The standard InChI is InChI=1S/C26H34N2O4S/c1-33(30,31)27-24-15-8-16-28(26(29)32-19-20-9-5-6-10-20)25(24)18-21-11-7-14-23(17-21)22-12-3-2-4-13-22/h2-4,7,11-14,17,20,24-25,27H,5-6,8-10,15-16,18-19H2,1H3/t24-,25-/m1/s1. The van der Waals surface area contributed by atoms with E-state index in [1.54, 1.807) is 4.90 Å². The number of carbonyl (C=O) groups excluding carboxylic acids is 1. The largest absolute Gasteiger partial charge is 0.449 e. The highest BCUT2D eigenvalue weighted by molar-refractivity contribution is 7.88. The van der Waals surface area contributed by atoms with Crippen LogP contribution in [0.4, 0.5) is 4.79 Å². The Labute approximate surface area is 197 Å². The number of sulfonamides is 1. The predicted octanol–water partition coefficient (Wildman–Crippen LogP) is 4.61. The summed E-state index contributed by atoms with van der Waals surface area (Å²) < 4.78 is 32.6. The Morgan fingerprint density at radius 1 is 1.00 bits per heavy atom. The van der Waals surface area contributed by atoms with Crippen LogP contribution in [0.25, 0.3) is 11.1 Å². The van der Waals surface area contributed by atoms with Crippen molar-refractivity contribution in [3.63, 3.8) is 0 Å². The number of ether oxygens (including phenoxy) is 1. The molecule has 33 heavy (non-hydrogen) atoms. The Bertz CT molecular complexity index is 1040. The summed E-state index contributed by atoms with van der Waals surface area (Å²) in [6.07, 6.45) is 7.48. The molecule has 2 aromatic carbocycles. The number of carbonyl (C=O) groups is 1. The van der Waals surface area contributed by atoms with Crippen molar-refractivity contribution in [1.29, 1.82) is 0 Å². The first-order chi connectivity index (χ1) is 15.9. The van der Waals surface area contributed by atoms with Crippen LogP contribution in [0.3, 0.4) is 0 Å². The summed E-state index contributed by atoms with van der Waals surface area (Å²) in [4.78, 5) is 14.8. The first kappa shape index (κ1) is 23.8. The predicted molar refractivity (Wildman–Crippen MR) is 130 cm³/mol. The lowest BCUT2D eigenvalue weighted by molar-refractivity contribution is 0.0552. The highest BCUT2D eigenvalue weighted by atomic mass is 32.2. The quantitative estimate of drug-likeness (QED) is 0.641. The second kappa shape index (κ2) is 10.7.